The number of ether oxygens (including phenoxy) is 2. The highest BCUT2D eigenvalue weighted by atomic mass is 16.5. The fourth-order valence-corrected chi connectivity index (χ4v) is 3.86. The summed E-state index contributed by atoms with van der Waals surface area (Å²) in [5.41, 5.74) is 4.62. The standard InChI is InChI=1S/C21H23NO3/c1-14-3-4-15-9-10-22-17(13-25-21(22)19(15)11-14)12-20(23)16-5-7-18(24-2)8-6-16/h3-8,11,17,21H,9-10,12-13H2,1-2H3/t17-,21+/m1/s1. The molecule has 0 bridgehead atoms. The van der Waals surface area contributed by atoms with Crippen molar-refractivity contribution < 1.29 is 14.3 Å². The third kappa shape index (κ3) is 3.08. The Morgan fingerprint density at radius 1 is 1.24 bits per heavy atom. The van der Waals surface area contributed by atoms with Crippen LogP contribution in [0, 0.1) is 6.92 Å². The summed E-state index contributed by atoms with van der Waals surface area (Å²) in [7, 11) is 1.63. The van der Waals surface area contributed by atoms with Crippen LogP contribution in [0.3, 0.4) is 0 Å². The lowest BCUT2D eigenvalue weighted by atomic mass is 9.95. The molecule has 0 aromatic heterocycles. The summed E-state index contributed by atoms with van der Waals surface area (Å²) >= 11 is 0. The van der Waals surface area contributed by atoms with Crippen molar-refractivity contribution >= 4 is 5.78 Å². The van der Waals surface area contributed by atoms with E-state index in [0.717, 1.165) is 24.3 Å². The fraction of sp³-hybridized carbons (Fsp3) is 0.381. The lowest BCUT2D eigenvalue weighted by molar-refractivity contribution is 0.0215. The molecule has 1 fully saturated rings. The number of carbonyl (C=O) groups is 1. The first-order valence-corrected chi connectivity index (χ1v) is 8.80. The maximum absolute atomic E-state index is 12.7. The third-order valence-corrected chi connectivity index (χ3v) is 5.26. The lowest BCUT2D eigenvalue weighted by Crippen LogP contribution is -2.39. The van der Waals surface area contributed by atoms with Crippen LogP contribution in [0.2, 0.25) is 0 Å². The van der Waals surface area contributed by atoms with Crippen molar-refractivity contribution in [3.63, 3.8) is 0 Å². The van der Waals surface area contributed by atoms with E-state index in [9.17, 15) is 4.79 Å². The number of carbonyl (C=O) groups excluding carboxylic acids is 1. The molecule has 1 saturated heterocycles. The van der Waals surface area contributed by atoms with Gasteiger partial charge in [0.15, 0.2) is 5.78 Å². The smallest absolute Gasteiger partial charge is 0.164 e. The van der Waals surface area contributed by atoms with Gasteiger partial charge >= 0.3 is 0 Å². The van der Waals surface area contributed by atoms with Crippen molar-refractivity contribution in [2.24, 2.45) is 0 Å². The lowest BCUT2D eigenvalue weighted by Gasteiger charge is -2.33. The van der Waals surface area contributed by atoms with Gasteiger partial charge in [0.25, 0.3) is 0 Å². The first-order valence-electron chi connectivity index (χ1n) is 8.80. The van der Waals surface area contributed by atoms with E-state index in [1.165, 1.54) is 16.7 Å². The molecule has 2 atom stereocenters. The van der Waals surface area contributed by atoms with E-state index in [4.69, 9.17) is 9.47 Å². The van der Waals surface area contributed by atoms with Crippen LogP contribution < -0.4 is 4.74 Å². The molecule has 2 aliphatic rings. The van der Waals surface area contributed by atoms with Crippen molar-refractivity contribution in [2.45, 2.75) is 32.0 Å². The number of benzene rings is 2. The zero-order valence-corrected chi connectivity index (χ0v) is 14.7. The van der Waals surface area contributed by atoms with Crippen molar-refractivity contribution in [1.29, 1.82) is 0 Å². The molecule has 4 nitrogen and oxygen atoms in total. The van der Waals surface area contributed by atoms with E-state index in [2.05, 4.69) is 30.0 Å². The monoisotopic (exact) mass is 337 g/mol. The number of hydrogen-bond donors (Lipinski definition) is 0. The van der Waals surface area contributed by atoms with Gasteiger partial charge in [0.2, 0.25) is 0 Å². The molecule has 0 spiro atoms. The normalized spacial score (nSPS) is 22.3. The maximum Gasteiger partial charge on any atom is 0.164 e. The van der Waals surface area contributed by atoms with E-state index < -0.39 is 0 Å². The van der Waals surface area contributed by atoms with E-state index in [1.807, 2.05) is 24.3 Å². The average molecular weight is 337 g/mol. The molecule has 4 heteroatoms. The number of hydrogen-bond acceptors (Lipinski definition) is 4. The predicted molar refractivity (Wildman–Crippen MR) is 96.0 cm³/mol. The van der Waals surface area contributed by atoms with Gasteiger partial charge in [-0.05, 0) is 48.7 Å². The summed E-state index contributed by atoms with van der Waals surface area (Å²) in [5, 5.41) is 0. The molecule has 2 aromatic rings. The average Bonchev–Trinajstić information content (AvgIpc) is 3.05. The Morgan fingerprint density at radius 3 is 2.80 bits per heavy atom. The van der Waals surface area contributed by atoms with Gasteiger partial charge in [0.1, 0.15) is 12.0 Å². The Hall–Kier alpha value is -2.17. The second-order valence-corrected chi connectivity index (χ2v) is 6.89. The van der Waals surface area contributed by atoms with Crippen LogP contribution >= 0.6 is 0 Å². The number of aryl methyl sites for hydroxylation is 1. The zero-order chi connectivity index (χ0) is 17.4. The highest BCUT2D eigenvalue weighted by Crippen LogP contribution is 2.38. The molecule has 0 unspecified atom stereocenters. The summed E-state index contributed by atoms with van der Waals surface area (Å²) in [5.74, 6) is 0.927. The second kappa shape index (κ2) is 6.62. The molecule has 2 aliphatic heterocycles. The quantitative estimate of drug-likeness (QED) is 0.800. The first-order chi connectivity index (χ1) is 12.2. The highest BCUT2D eigenvalue weighted by molar-refractivity contribution is 5.96. The molecule has 0 amide bonds. The Bertz CT molecular complexity index is 784. The van der Waals surface area contributed by atoms with Gasteiger partial charge in [0, 0.05) is 24.6 Å². The molecular formula is C21H23NO3. The first kappa shape index (κ1) is 16.3. The molecule has 0 saturated carbocycles. The van der Waals surface area contributed by atoms with Gasteiger partial charge in [-0.25, -0.2) is 0 Å². The number of rotatable bonds is 4. The molecular weight excluding hydrogens is 314 g/mol. The molecule has 2 heterocycles. The van der Waals surface area contributed by atoms with Gasteiger partial charge < -0.3 is 9.47 Å². The largest absolute Gasteiger partial charge is 0.497 e. The third-order valence-electron chi connectivity index (χ3n) is 5.26. The molecule has 2 aromatic carbocycles. The summed E-state index contributed by atoms with van der Waals surface area (Å²) in [6, 6.07) is 14.1. The maximum atomic E-state index is 12.7. The zero-order valence-electron chi connectivity index (χ0n) is 14.7. The minimum Gasteiger partial charge on any atom is -0.497 e. The Balaban J connectivity index is 1.49. The summed E-state index contributed by atoms with van der Waals surface area (Å²) in [6.07, 6.45) is 1.50. The number of Topliss-reactive ketones (excluding diaryl/α,β-unsaturated/α-hetero) is 1. The summed E-state index contributed by atoms with van der Waals surface area (Å²) < 4.78 is 11.2. The van der Waals surface area contributed by atoms with Crippen LogP contribution in [0.25, 0.3) is 0 Å². The van der Waals surface area contributed by atoms with Gasteiger partial charge in [0.05, 0.1) is 13.7 Å². The van der Waals surface area contributed by atoms with Crippen molar-refractivity contribution in [3.8, 4) is 5.75 Å². The van der Waals surface area contributed by atoms with Gasteiger partial charge in [-0.3, -0.25) is 9.69 Å². The highest BCUT2D eigenvalue weighted by Gasteiger charge is 2.39. The summed E-state index contributed by atoms with van der Waals surface area (Å²) in [6.45, 7) is 3.67. The van der Waals surface area contributed by atoms with Gasteiger partial charge in [-0.15, -0.1) is 0 Å². The van der Waals surface area contributed by atoms with Crippen molar-refractivity contribution in [3.05, 3.63) is 64.7 Å². The summed E-state index contributed by atoms with van der Waals surface area (Å²) in [4.78, 5) is 15.0. The molecule has 130 valence electrons. The van der Waals surface area contributed by atoms with Gasteiger partial charge in [-0.1, -0.05) is 23.8 Å². The number of methoxy groups -OCH3 is 1. The second-order valence-electron chi connectivity index (χ2n) is 6.89. The van der Waals surface area contributed by atoms with Gasteiger partial charge in [-0.2, -0.15) is 0 Å². The van der Waals surface area contributed by atoms with E-state index in [0.29, 0.717) is 13.0 Å². The molecule has 0 aliphatic carbocycles. The Kier molecular flexibility index (Phi) is 4.32. The number of fused-ring (bicyclic) bond motifs is 3. The molecule has 0 radical (unpaired) electrons. The topological polar surface area (TPSA) is 38.8 Å². The molecule has 0 N–H and O–H groups in total. The molecule has 4 rings (SSSR count). The number of ketones is 1. The van der Waals surface area contributed by atoms with Crippen molar-refractivity contribution in [1.82, 2.24) is 4.90 Å². The van der Waals surface area contributed by atoms with Crippen LogP contribution in [0.1, 0.15) is 39.7 Å². The van der Waals surface area contributed by atoms with Crippen LogP contribution in [-0.4, -0.2) is 37.0 Å². The Morgan fingerprint density at radius 2 is 2.04 bits per heavy atom. The SMILES string of the molecule is COc1ccc(C(=O)C[C@@H]2CO[C@H]3c4cc(C)ccc4CCN23)cc1. The van der Waals surface area contributed by atoms with E-state index >= 15 is 0 Å². The fourth-order valence-electron chi connectivity index (χ4n) is 3.86. The van der Waals surface area contributed by atoms with Crippen LogP contribution in [0.4, 0.5) is 0 Å². The van der Waals surface area contributed by atoms with Crippen LogP contribution in [0.15, 0.2) is 42.5 Å². The molecule has 25 heavy (non-hydrogen) atoms. The number of nitrogens with zero attached hydrogens (tertiary/aromatic N) is 1. The minimum absolute atomic E-state index is 0.00248. The van der Waals surface area contributed by atoms with E-state index in [1.54, 1.807) is 7.11 Å². The van der Waals surface area contributed by atoms with E-state index in [-0.39, 0.29) is 18.1 Å². The van der Waals surface area contributed by atoms with Crippen LogP contribution in [-0.2, 0) is 11.2 Å². The van der Waals surface area contributed by atoms with Crippen LogP contribution in [0.5, 0.6) is 5.75 Å². The Labute approximate surface area is 148 Å². The van der Waals surface area contributed by atoms with Crippen molar-refractivity contribution in [2.75, 3.05) is 20.3 Å². The predicted octanol–water partition coefficient (Wildman–Crippen LogP) is 3.53. The minimum atomic E-state index is -0.00248.